The lowest BCUT2D eigenvalue weighted by atomic mass is 10.1. The van der Waals surface area contributed by atoms with E-state index in [1.165, 1.54) is 11.1 Å². The summed E-state index contributed by atoms with van der Waals surface area (Å²) in [6.07, 6.45) is 1.98. The third kappa shape index (κ3) is 2.60. The Morgan fingerprint density at radius 3 is 2.81 bits per heavy atom. The fraction of sp³-hybridized carbons (Fsp3) is 0.235. The van der Waals surface area contributed by atoms with E-state index < -0.39 is 0 Å². The molecule has 0 radical (unpaired) electrons. The van der Waals surface area contributed by atoms with Gasteiger partial charge in [-0.15, -0.1) is 0 Å². The number of carbonyl (C=O) groups excluding carboxylic acids is 1. The van der Waals surface area contributed by atoms with Gasteiger partial charge >= 0.3 is 0 Å². The van der Waals surface area contributed by atoms with Gasteiger partial charge in [-0.3, -0.25) is 4.79 Å². The molecule has 21 heavy (non-hydrogen) atoms. The monoisotopic (exact) mass is 363 g/mol. The number of nitrogens with zero attached hydrogens (tertiary/aromatic N) is 1. The largest absolute Gasteiger partial charge is 0.335 e. The van der Waals surface area contributed by atoms with E-state index >= 15 is 0 Å². The van der Waals surface area contributed by atoms with Crippen LogP contribution in [0.2, 0.25) is 5.02 Å². The number of hydrogen-bond donors (Lipinski definition) is 0. The molecule has 1 aliphatic carbocycles. The van der Waals surface area contributed by atoms with Crippen molar-refractivity contribution in [1.82, 2.24) is 4.90 Å². The Labute approximate surface area is 137 Å². The first-order valence-corrected chi connectivity index (χ1v) is 8.05. The van der Waals surface area contributed by atoms with Crippen molar-refractivity contribution in [1.29, 1.82) is 0 Å². The van der Waals surface area contributed by atoms with Crippen LogP contribution >= 0.6 is 27.5 Å². The summed E-state index contributed by atoms with van der Waals surface area (Å²) < 4.78 is 0.746. The Kier molecular flexibility index (Phi) is 4.05. The molecule has 1 amide bonds. The second-order valence-electron chi connectivity index (χ2n) is 5.27. The maximum Gasteiger partial charge on any atom is 0.255 e. The van der Waals surface area contributed by atoms with Crippen molar-refractivity contribution in [2.45, 2.75) is 18.9 Å². The minimum atomic E-state index is -0.0389. The van der Waals surface area contributed by atoms with Gasteiger partial charge < -0.3 is 4.90 Å². The van der Waals surface area contributed by atoms with E-state index in [1.807, 2.05) is 31.3 Å². The summed E-state index contributed by atoms with van der Waals surface area (Å²) in [7, 11) is 1.85. The van der Waals surface area contributed by atoms with Crippen LogP contribution in [-0.4, -0.2) is 17.9 Å². The van der Waals surface area contributed by atoms with Crippen molar-refractivity contribution >= 4 is 33.4 Å². The van der Waals surface area contributed by atoms with Crippen LogP contribution in [0.3, 0.4) is 0 Å². The predicted octanol–water partition coefficient (Wildman–Crippen LogP) is 4.86. The van der Waals surface area contributed by atoms with Crippen molar-refractivity contribution in [3.8, 4) is 0 Å². The van der Waals surface area contributed by atoms with Gasteiger partial charge in [-0.25, -0.2) is 0 Å². The summed E-state index contributed by atoms with van der Waals surface area (Å²) in [6, 6.07) is 13.9. The van der Waals surface area contributed by atoms with Crippen molar-refractivity contribution < 1.29 is 4.79 Å². The van der Waals surface area contributed by atoms with Crippen LogP contribution in [-0.2, 0) is 6.42 Å². The Balaban J connectivity index is 1.91. The molecule has 2 aromatic carbocycles. The Morgan fingerprint density at radius 1 is 1.24 bits per heavy atom. The predicted molar refractivity (Wildman–Crippen MR) is 88.7 cm³/mol. The molecule has 0 aromatic heterocycles. The summed E-state index contributed by atoms with van der Waals surface area (Å²) in [5.41, 5.74) is 3.12. The van der Waals surface area contributed by atoms with Gasteiger partial charge in [-0.2, -0.15) is 0 Å². The zero-order chi connectivity index (χ0) is 15.0. The van der Waals surface area contributed by atoms with E-state index in [9.17, 15) is 4.79 Å². The zero-order valence-electron chi connectivity index (χ0n) is 11.6. The van der Waals surface area contributed by atoms with Crippen molar-refractivity contribution in [3.63, 3.8) is 0 Å². The summed E-state index contributed by atoms with van der Waals surface area (Å²) in [4.78, 5) is 14.5. The molecule has 0 spiro atoms. The molecule has 0 N–H and O–H groups in total. The molecule has 2 aromatic rings. The highest BCUT2D eigenvalue weighted by atomic mass is 79.9. The van der Waals surface area contributed by atoms with Crippen molar-refractivity contribution in [3.05, 3.63) is 68.7 Å². The smallest absolute Gasteiger partial charge is 0.255 e. The Morgan fingerprint density at radius 2 is 2.00 bits per heavy atom. The number of halogens is 2. The molecule has 0 saturated heterocycles. The van der Waals surface area contributed by atoms with E-state index in [0.717, 1.165) is 17.3 Å². The molecule has 1 aliphatic rings. The SMILES string of the molecule is CN(C(=O)c1cccc(Br)c1Cl)C1CCc2ccccc21. The normalized spacial score (nSPS) is 16.6. The lowest BCUT2D eigenvalue weighted by Gasteiger charge is -2.26. The lowest BCUT2D eigenvalue weighted by molar-refractivity contribution is 0.0730. The zero-order valence-corrected chi connectivity index (χ0v) is 14.0. The van der Waals surface area contributed by atoms with Crippen LogP contribution in [0.15, 0.2) is 46.9 Å². The third-order valence-corrected chi connectivity index (χ3v) is 5.37. The number of benzene rings is 2. The second-order valence-corrected chi connectivity index (χ2v) is 6.50. The third-order valence-electron chi connectivity index (χ3n) is 4.07. The first kappa shape index (κ1) is 14.6. The average molecular weight is 365 g/mol. The lowest BCUT2D eigenvalue weighted by Crippen LogP contribution is -2.30. The number of hydrogen-bond acceptors (Lipinski definition) is 1. The van der Waals surface area contributed by atoms with Gasteiger partial charge in [-0.1, -0.05) is 41.9 Å². The van der Waals surface area contributed by atoms with Gasteiger partial charge in [0.2, 0.25) is 0 Å². The van der Waals surface area contributed by atoms with Gasteiger partial charge in [0.05, 0.1) is 16.6 Å². The van der Waals surface area contributed by atoms with Crippen LogP contribution in [0.4, 0.5) is 0 Å². The number of aryl methyl sites for hydroxylation is 1. The van der Waals surface area contributed by atoms with Crippen LogP contribution in [0.1, 0.15) is 33.9 Å². The molecular formula is C17H15BrClNO. The van der Waals surface area contributed by atoms with Gasteiger partial charge in [-0.05, 0) is 52.0 Å². The van der Waals surface area contributed by atoms with E-state index in [2.05, 4.69) is 28.1 Å². The average Bonchev–Trinajstić information content (AvgIpc) is 2.92. The minimum Gasteiger partial charge on any atom is -0.335 e. The fourth-order valence-electron chi connectivity index (χ4n) is 2.94. The highest BCUT2D eigenvalue weighted by molar-refractivity contribution is 9.10. The molecule has 0 heterocycles. The first-order valence-electron chi connectivity index (χ1n) is 6.88. The van der Waals surface area contributed by atoms with Gasteiger partial charge in [0, 0.05) is 11.5 Å². The molecule has 108 valence electrons. The fourth-order valence-corrected chi connectivity index (χ4v) is 3.51. The molecule has 2 nitrogen and oxygen atoms in total. The van der Waals surface area contributed by atoms with E-state index in [-0.39, 0.29) is 11.9 Å². The van der Waals surface area contributed by atoms with Crippen LogP contribution < -0.4 is 0 Å². The van der Waals surface area contributed by atoms with Gasteiger partial charge in [0.25, 0.3) is 5.91 Å². The molecule has 0 fully saturated rings. The highest BCUT2D eigenvalue weighted by Gasteiger charge is 2.29. The van der Waals surface area contributed by atoms with Crippen LogP contribution in [0, 0.1) is 0 Å². The topological polar surface area (TPSA) is 20.3 Å². The van der Waals surface area contributed by atoms with Crippen molar-refractivity contribution in [2.75, 3.05) is 7.05 Å². The van der Waals surface area contributed by atoms with Gasteiger partial charge in [0.1, 0.15) is 0 Å². The maximum atomic E-state index is 12.7. The molecular weight excluding hydrogens is 350 g/mol. The Bertz CT molecular complexity index is 701. The summed E-state index contributed by atoms with van der Waals surface area (Å²) in [5, 5.41) is 0.473. The highest BCUT2D eigenvalue weighted by Crippen LogP contribution is 2.36. The summed E-state index contributed by atoms with van der Waals surface area (Å²) >= 11 is 9.61. The maximum absolute atomic E-state index is 12.7. The molecule has 0 saturated carbocycles. The number of carbonyl (C=O) groups is 1. The Hall–Kier alpha value is -1.32. The number of amides is 1. The second kappa shape index (κ2) is 5.82. The van der Waals surface area contributed by atoms with E-state index in [4.69, 9.17) is 11.6 Å². The van der Waals surface area contributed by atoms with E-state index in [1.54, 1.807) is 11.0 Å². The summed E-state index contributed by atoms with van der Waals surface area (Å²) in [5.74, 6) is -0.0389. The molecule has 4 heteroatoms. The van der Waals surface area contributed by atoms with E-state index in [0.29, 0.717) is 10.6 Å². The van der Waals surface area contributed by atoms with Crippen molar-refractivity contribution in [2.24, 2.45) is 0 Å². The molecule has 3 rings (SSSR count). The number of rotatable bonds is 2. The number of fused-ring (bicyclic) bond motifs is 1. The van der Waals surface area contributed by atoms with Crippen LogP contribution in [0.25, 0.3) is 0 Å². The molecule has 1 atom stereocenters. The molecule has 1 unspecified atom stereocenters. The first-order chi connectivity index (χ1) is 10.1. The van der Waals surface area contributed by atoms with Crippen LogP contribution in [0.5, 0.6) is 0 Å². The standard InChI is InChI=1S/C17H15BrClNO/c1-20(15-10-9-11-5-2-3-6-12(11)15)17(21)13-7-4-8-14(18)16(13)19/h2-8,15H,9-10H2,1H3. The minimum absolute atomic E-state index is 0.0389. The molecule has 0 aliphatic heterocycles. The summed E-state index contributed by atoms with van der Waals surface area (Å²) in [6.45, 7) is 0. The van der Waals surface area contributed by atoms with Gasteiger partial charge in [0.15, 0.2) is 0 Å². The molecule has 0 bridgehead atoms. The quantitative estimate of drug-likeness (QED) is 0.745.